The molecular formula is C20H24N3O4S+. The maximum atomic E-state index is 12.7. The van der Waals surface area contributed by atoms with Crippen molar-refractivity contribution in [3.63, 3.8) is 0 Å². The van der Waals surface area contributed by atoms with E-state index in [-0.39, 0.29) is 30.5 Å². The normalized spacial score (nSPS) is 13.1. The first-order valence-corrected chi connectivity index (χ1v) is 10.1. The average Bonchev–Trinajstić information content (AvgIpc) is 3.44. The average molecular weight is 402 g/mol. The van der Waals surface area contributed by atoms with Gasteiger partial charge in [-0.3, -0.25) is 9.59 Å². The molecule has 1 fully saturated rings. The predicted molar refractivity (Wildman–Crippen MR) is 108 cm³/mol. The number of quaternary nitrogens is 1. The van der Waals surface area contributed by atoms with Crippen molar-refractivity contribution in [2.24, 2.45) is 0 Å². The maximum absolute atomic E-state index is 12.7. The summed E-state index contributed by atoms with van der Waals surface area (Å²) in [6, 6.07) is 9.59. The van der Waals surface area contributed by atoms with Crippen LogP contribution in [0.5, 0.6) is 0 Å². The van der Waals surface area contributed by atoms with Crippen molar-refractivity contribution in [3.05, 3.63) is 46.3 Å². The molecule has 3 rings (SSSR count). The molecule has 4 N–H and O–H groups in total. The molecule has 0 atom stereocenters. The molecule has 0 aliphatic heterocycles. The molecule has 0 saturated heterocycles. The summed E-state index contributed by atoms with van der Waals surface area (Å²) in [5.41, 5.74) is 1.39. The Kier molecular flexibility index (Phi) is 6.43. The van der Waals surface area contributed by atoms with E-state index in [9.17, 15) is 14.4 Å². The molecule has 1 aromatic carbocycles. The van der Waals surface area contributed by atoms with Crippen LogP contribution in [0.2, 0.25) is 0 Å². The number of hydrogen-bond acceptors (Lipinski definition) is 5. The fourth-order valence-electron chi connectivity index (χ4n) is 2.76. The molecule has 2 aromatic rings. The van der Waals surface area contributed by atoms with Gasteiger partial charge in [0.05, 0.1) is 23.1 Å². The molecular weight excluding hydrogens is 378 g/mol. The number of thiophene rings is 1. The van der Waals surface area contributed by atoms with Crippen LogP contribution < -0.4 is 16.0 Å². The third-order valence-corrected chi connectivity index (χ3v) is 5.58. The van der Waals surface area contributed by atoms with Gasteiger partial charge in [0, 0.05) is 18.5 Å². The topological polar surface area (TPSA) is 101 Å². The molecule has 1 aliphatic rings. The van der Waals surface area contributed by atoms with Crippen LogP contribution in [-0.4, -0.2) is 37.0 Å². The molecule has 1 heterocycles. The van der Waals surface area contributed by atoms with Gasteiger partial charge in [0.15, 0.2) is 6.54 Å². The molecule has 7 nitrogen and oxygen atoms in total. The van der Waals surface area contributed by atoms with Crippen molar-refractivity contribution < 1.29 is 24.4 Å². The number of para-hydroxylation sites is 1. The van der Waals surface area contributed by atoms with E-state index < -0.39 is 5.97 Å². The SMILES string of the molecule is CCOC(=O)c1c(NC(=O)C[NH2+]C2CC2)sc(C(=O)Nc2ccccc2)c1C. The Morgan fingerprint density at radius 3 is 2.54 bits per heavy atom. The van der Waals surface area contributed by atoms with Gasteiger partial charge < -0.3 is 20.7 Å². The minimum atomic E-state index is -0.545. The lowest BCUT2D eigenvalue weighted by atomic mass is 10.1. The standard InChI is InChI=1S/C20H23N3O4S/c1-3-27-20(26)16-12(2)17(18(25)22-14-7-5-4-6-8-14)28-19(16)23-15(24)11-21-13-9-10-13/h4-8,13,21H,3,9-11H2,1-2H3,(H,22,25)(H,23,24)/p+1. The Balaban J connectivity index is 1.82. The summed E-state index contributed by atoms with van der Waals surface area (Å²) in [6.45, 7) is 3.90. The summed E-state index contributed by atoms with van der Waals surface area (Å²) in [4.78, 5) is 37.8. The molecule has 1 aliphatic carbocycles. The van der Waals surface area contributed by atoms with Gasteiger partial charge in [-0.2, -0.15) is 0 Å². The van der Waals surface area contributed by atoms with E-state index in [0.29, 0.717) is 27.2 Å². The molecule has 28 heavy (non-hydrogen) atoms. The zero-order chi connectivity index (χ0) is 20.1. The predicted octanol–water partition coefficient (Wildman–Crippen LogP) is 2.15. The van der Waals surface area contributed by atoms with Gasteiger partial charge in [-0.05, 0) is 31.5 Å². The van der Waals surface area contributed by atoms with Crippen LogP contribution in [0.4, 0.5) is 10.7 Å². The third-order valence-electron chi connectivity index (χ3n) is 4.38. The second kappa shape index (κ2) is 8.99. The van der Waals surface area contributed by atoms with E-state index in [1.54, 1.807) is 26.0 Å². The lowest BCUT2D eigenvalue weighted by Crippen LogP contribution is -2.87. The van der Waals surface area contributed by atoms with Gasteiger partial charge in [-0.25, -0.2) is 4.79 Å². The molecule has 0 radical (unpaired) electrons. The van der Waals surface area contributed by atoms with Crippen LogP contribution in [0.15, 0.2) is 30.3 Å². The van der Waals surface area contributed by atoms with Gasteiger partial charge in [-0.1, -0.05) is 18.2 Å². The highest BCUT2D eigenvalue weighted by molar-refractivity contribution is 7.18. The van der Waals surface area contributed by atoms with Crippen LogP contribution in [-0.2, 0) is 9.53 Å². The van der Waals surface area contributed by atoms with Crippen molar-refractivity contribution in [2.45, 2.75) is 32.7 Å². The summed E-state index contributed by atoms with van der Waals surface area (Å²) < 4.78 is 5.13. The Bertz CT molecular complexity index is 875. The van der Waals surface area contributed by atoms with Gasteiger partial charge in [0.1, 0.15) is 5.00 Å². The number of benzene rings is 1. The summed E-state index contributed by atoms with van der Waals surface area (Å²) >= 11 is 1.09. The molecule has 1 saturated carbocycles. The number of carbonyl (C=O) groups excluding carboxylic acids is 3. The quantitative estimate of drug-likeness (QED) is 0.589. The Hall–Kier alpha value is -2.71. The zero-order valence-electron chi connectivity index (χ0n) is 15.9. The number of carbonyl (C=O) groups is 3. The number of esters is 1. The second-order valence-corrected chi connectivity index (χ2v) is 7.65. The first-order chi connectivity index (χ1) is 13.5. The molecule has 1 aromatic heterocycles. The zero-order valence-corrected chi connectivity index (χ0v) is 16.7. The number of nitrogens with two attached hydrogens (primary N) is 1. The highest BCUT2D eigenvalue weighted by atomic mass is 32.1. The highest BCUT2D eigenvalue weighted by Gasteiger charge is 2.29. The van der Waals surface area contributed by atoms with Crippen LogP contribution in [0, 0.1) is 6.92 Å². The van der Waals surface area contributed by atoms with Crippen LogP contribution in [0.1, 0.15) is 45.4 Å². The Morgan fingerprint density at radius 1 is 1.18 bits per heavy atom. The van der Waals surface area contributed by atoms with Crippen molar-refractivity contribution in [3.8, 4) is 0 Å². The molecule has 0 unspecified atom stereocenters. The summed E-state index contributed by atoms with van der Waals surface area (Å²) in [6.07, 6.45) is 2.26. The highest BCUT2D eigenvalue weighted by Crippen LogP contribution is 2.34. The Labute approximate surface area is 167 Å². The summed E-state index contributed by atoms with van der Waals surface area (Å²) in [5, 5.41) is 7.93. The van der Waals surface area contributed by atoms with E-state index >= 15 is 0 Å². The van der Waals surface area contributed by atoms with E-state index in [1.165, 1.54) is 0 Å². The molecule has 2 amide bonds. The van der Waals surface area contributed by atoms with E-state index in [1.807, 2.05) is 23.5 Å². The van der Waals surface area contributed by atoms with Crippen molar-refractivity contribution in [2.75, 3.05) is 23.8 Å². The number of hydrogen-bond donors (Lipinski definition) is 3. The monoisotopic (exact) mass is 402 g/mol. The fraction of sp³-hybridized carbons (Fsp3) is 0.350. The van der Waals surface area contributed by atoms with E-state index in [2.05, 4.69) is 10.6 Å². The third kappa shape index (κ3) is 4.96. The number of rotatable bonds is 8. The molecule has 8 heteroatoms. The number of nitrogens with one attached hydrogen (secondary N) is 2. The summed E-state index contributed by atoms with van der Waals surface area (Å²) in [5.74, 6) is -1.07. The maximum Gasteiger partial charge on any atom is 0.341 e. The number of anilines is 2. The lowest BCUT2D eigenvalue weighted by Gasteiger charge is -2.06. The number of ether oxygens (including phenoxy) is 1. The largest absolute Gasteiger partial charge is 0.462 e. The number of amides is 2. The van der Waals surface area contributed by atoms with E-state index in [0.717, 1.165) is 24.2 Å². The van der Waals surface area contributed by atoms with E-state index in [4.69, 9.17) is 4.74 Å². The van der Waals surface area contributed by atoms with Gasteiger partial charge >= 0.3 is 5.97 Å². The van der Waals surface area contributed by atoms with Crippen molar-refractivity contribution in [1.29, 1.82) is 0 Å². The smallest absolute Gasteiger partial charge is 0.341 e. The fourth-order valence-corrected chi connectivity index (χ4v) is 3.87. The van der Waals surface area contributed by atoms with Crippen molar-refractivity contribution >= 4 is 39.8 Å². The Morgan fingerprint density at radius 2 is 1.89 bits per heavy atom. The van der Waals surface area contributed by atoms with Gasteiger partial charge in [-0.15, -0.1) is 11.3 Å². The lowest BCUT2D eigenvalue weighted by molar-refractivity contribution is -0.657. The first-order valence-electron chi connectivity index (χ1n) is 9.29. The second-order valence-electron chi connectivity index (χ2n) is 6.63. The van der Waals surface area contributed by atoms with Crippen LogP contribution in [0.25, 0.3) is 0 Å². The van der Waals surface area contributed by atoms with Gasteiger partial charge in [0.2, 0.25) is 0 Å². The van der Waals surface area contributed by atoms with Crippen molar-refractivity contribution in [1.82, 2.24) is 0 Å². The first kappa shape index (κ1) is 20.0. The van der Waals surface area contributed by atoms with Crippen LogP contribution >= 0.6 is 11.3 Å². The summed E-state index contributed by atoms with van der Waals surface area (Å²) in [7, 11) is 0. The molecule has 148 valence electrons. The molecule has 0 spiro atoms. The van der Waals surface area contributed by atoms with Gasteiger partial charge in [0.25, 0.3) is 11.8 Å². The van der Waals surface area contributed by atoms with Crippen LogP contribution in [0.3, 0.4) is 0 Å². The minimum Gasteiger partial charge on any atom is -0.462 e. The minimum absolute atomic E-state index is 0.200. The molecule has 0 bridgehead atoms.